The Labute approximate surface area is 157 Å². The van der Waals surface area contributed by atoms with Gasteiger partial charge in [0.05, 0.1) is 12.8 Å². The van der Waals surface area contributed by atoms with Crippen LogP contribution in [0.15, 0.2) is 66.4 Å². The van der Waals surface area contributed by atoms with Crippen molar-refractivity contribution in [2.24, 2.45) is 0 Å². The minimum Gasteiger partial charge on any atom is -0.496 e. The fourth-order valence-electron chi connectivity index (χ4n) is 2.69. The van der Waals surface area contributed by atoms with Gasteiger partial charge in [-0.2, -0.15) is 10.4 Å². The van der Waals surface area contributed by atoms with Crippen LogP contribution in [0.5, 0.6) is 5.75 Å². The molecule has 27 heavy (non-hydrogen) atoms. The standard InChI is InChI=1S/C21H18N4O2/c1-23-21(26)15(13-22)12-16-14-25(17-8-4-3-5-9-17)24-20(16)18-10-6-7-11-19(18)27-2/h3-12,14H,1-2H3,(H,23,26)/b15-12+. The van der Waals surface area contributed by atoms with E-state index in [1.807, 2.05) is 60.7 Å². The molecule has 1 amide bonds. The quantitative estimate of drug-likeness (QED) is 0.561. The fraction of sp³-hybridized carbons (Fsp3) is 0.0952. The number of nitriles is 1. The van der Waals surface area contributed by atoms with E-state index in [2.05, 4.69) is 10.4 Å². The molecule has 6 nitrogen and oxygen atoms in total. The van der Waals surface area contributed by atoms with Crippen LogP contribution in [-0.4, -0.2) is 29.8 Å². The molecule has 0 saturated heterocycles. The first-order valence-electron chi connectivity index (χ1n) is 8.30. The molecular weight excluding hydrogens is 340 g/mol. The van der Waals surface area contributed by atoms with Crippen molar-refractivity contribution in [3.05, 3.63) is 71.9 Å². The molecule has 0 saturated carbocycles. The van der Waals surface area contributed by atoms with Crippen LogP contribution >= 0.6 is 0 Å². The third-order valence-corrected chi connectivity index (χ3v) is 4.02. The molecule has 0 radical (unpaired) electrons. The molecule has 3 rings (SSSR count). The Kier molecular flexibility index (Phi) is 5.33. The zero-order chi connectivity index (χ0) is 19.2. The Morgan fingerprint density at radius 1 is 1.19 bits per heavy atom. The average Bonchev–Trinajstić information content (AvgIpc) is 3.15. The highest BCUT2D eigenvalue weighted by molar-refractivity contribution is 6.02. The fourth-order valence-corrected chi connectivity index (χ4v) is 2.69. The predicted octanol–water partition coefficient (Wildman–Crippen LogP) is 3.20. The second kappa shape index (κ2) is 8.02. The van der Waals surface area contributed by atoms with Gasteiger partial charge in [-0.15, -0.1) is 0 Å². The molecule has 1 aromatic heterocycles. The van der Waals surface area contributed by atoms with Gasteiger partial charge >= 0.3 is 0 Å². The van der Waals surface area contributed by atoms with Crippen molar-refractivity contribution in [2.45, 2.75) is 0 Å². The SMILES string of the molecule is CNC(=O)/C(C#N)=C/c1cn(-c2ccccc2)nc1-c1ccccc1OC. The summed E-state index contributed by atoms with van der Waals surface area (Å²) in [5.41, 5.74) is 2.90. The first-order valence-corrected chi connectivity index (χ1v) is 8.30. The molecule has 3 aromatic rings. The third kappa shape index (κ3) is 3.72. The number of nitrogens with one attached hydrogen (secondary N) is 1. The first kappa shape index (κ1) is 18.0. The summed E-state index contributed by atoms with van der Waals surface area (Å²) in [6.07, 6.45) is 3.32. The molecule has 6 heteroatoms. The van der Waals surface area contributed by atoms with Gasteiger partial charge in [0, 0.05) is 24.4 Å². The molecule has 0 bridgehead atoms. The van der Waals surface area contributed by atoms with Gasteiger partial charge in [0.25, 0.3) is 5.91 Å². The van der Waals surface area contributed by atoms with Crippen molar-refractivity contribution in [3.8, 4) is 28.8 Å². The van der Waals surface area contributed by atoms with E-state index in [1.165, 1.54) is 13.1 Å². The number of amides is 1. The molecule has 2 aromatic carbocycles. The molecule has 134 valence electrons. The first-order chi connectivity index (χ1) is 13.2. The molecule has 1 N–H and O–H groups in total. The lowest BCUT2D eigenvalue weighted by Crippen LogP contribution is -2.19. The van der Waals surface area contributed by atoms with Crippen molar-refractivity contribution in [1.82, 2.24) is 15.1 Å². The number of ether oxygens (including phenoxy) is 1. The van der Waals surface area contributed by atoms with E-state index in [9.17, 15) is 10.1 Å². The maximum Gasteiger partial charge on any atom is 0.261 e. The second-order valence-electron chi connectivity index (χ2n) is 5.66. The Morgan fingerprint density at radius 3 is 2.56 bits per heavy atom. The van der Waals surface area contributed by atoms with Gasteiger partial charge in [-0.25, -0.2) is 4.68 Å². The molecular formula is C21H18N4O2. The normalized spacial score (nSPS) is 10.9. The van der Waals surface area contributed by atoms with Crippen LogP contribution in [0, 0.1) is 11.3 Å². The number of hydrogen-bond donors (Lipinski definition) is 1. The molecule has 0 atom stereocenters. The van der Waals surface area contributed by atoms with Crippen molar-refractivity contribution < 1.29 is 9.53 Å². The lowest BCUT2D eigenvalue weighted by Gasteiger charge is -2.07. The maximum atomic E-state index is 11.9. The number of carbonyl (C=O) groups excluding carboxylic acids is 1. The average molecular weight is 358 g/mol. The van der Waals surface area contributed by atoms with E-state index in [1.54, 1.807) is 18.0 Å². The number of hydrogen-bond acceptors (Lipinski definition) is 4. The molecule has 0 spiro atoms. The Hall–Kier alpha value is -3.85. The van der Waals surface area contributed by atoms with Crippen LogP contribution in [0.1, 0.15) is 5.56 Å². The van der Waals surface area contributed by atoms with Crippen LogP contribution in [0.2, 0.25) is 0 Å². The highest BCUT2D eigenvalue weighted by atomic mass is 16.5. The minimum atomic E-state index is -0.448. The van der Waals surface area contributed by atoms with Crippen LogP contribution in [0.4, 0.5) is 0 Å². The second-order valence-corrected chi connectivity index (χ2v) is 5.66. The maximum absolute atomic E-state index is 11.9. The number of rotatable bonds is 5. The van der Waals surface area contributed by atoms with Crippen LogP contribution < -0.4 is 10.1 Å². The topological polar surface area (TPSA) is 79.9 Å². The number of carbonyl (C=O) groups is 1. The van der Waals surface area contributed by atoms with E-state index in [0.29, 0.717) is 17.0 Å². The molecule has 0 unspecified atom stereocenters. The Morgan fingerprint density at radius 2 is 1.89 bits per heavy atom. The van der Waals surface area contributed by atoms with Crippen molar-refractivity contribution >= 4 is 12.0 Å². The van der Waals surface area contributed by atoms with E-state index in [0.717, 1.165) is 11.3 Å². The summed E-state index contributed by atoms with van der Waals surface area (Å²) < 4.78 is 7.17. The zero-order valence-electron chi connectivity index (χ0n) is 15.0. The number of benzene rings is 2. The summed E-state index contributed by atoms with van der Waals surface area (Å²) >= 11 is 0. The summed E-state index contributed by atoms with van der Waals surface area (Å²) in [5, 5.41) is 16.5. The van der Waals surface area contributed by atoms with Crippen molar-refractivity contribution in [2.75, 3.05) is 14.2 Å². The number of aromatic nitrogens is 2. The summed E-state index contributed by atoms with van der Waals surface area (Å²) in [6.45, 7) is 0. The predicted molar refractivity (Wildman–Crippen MR) is 103 cm³/mol. The summed E-state index contributed by atoms with van der Waals surface area (Å²) in [6, 6.07) is 19.0. The van der Waals surface area contributed by atoms with Crippen LogP contribution in [-0.2, 0) is 4.79 Å². The zero-order valence-corrected chi connectivity index (χ0v) is 15.0. The number of likely N-dealkylation sites (N-methyl/N-ethyl adjacent to an activating group) is 1. The van der Waals surface area contributed by atoms with E-state index in [4.69, 9.17) is 4.74 Å². The largest absolute Gasteiger partial charge is 0.496 e. The summed E-state index contributed by atoms with van der Waals surface area (Å²) in [7, 11) is 3.08. The lowest BCUT2D eigenvalue weighted by molar-refractivity contribution is -0.116. The summed E-state index contributed by atoms with van der Waals surface area (Å²) in [4.78, 5) is 11.9. The van der Waals surface area contributed by atoms with E-state index >= 15 is 0 Å². The van der Waals surface area contributed by atoms with Gasteiger partial charge in [0.15, 0.2) is 0 Å². The van der Waals surface area contributed by atoms with E-state index < -0.39 is 5.91 Å². The minimum absolute atomic E-state index is 0.00117. The Bertz CT molecular complexity index is 1030. The lowest BCUT2D eigenvalue weighted by atomic mass is 10.0. The van der Waals surface area contributed by atoms with E-state index in [-0.39, 0.29) is 5.57 Å². The molecule has 1 heterocycles. The Balaban J connectivity index is 2.22. The third-order valence-electron chi connectivity index (χ3n) is 4.02. The van der Waals surface area contributed by atoms with Gasteiger partial charge in [0.2, 0.25) is 0 Å². The van der Waals surface area contributed by atoms with Crippen LogP contribution in [0.25, 0.3) is 23.0 Å². The highest BCUT2D eigenvalue weighted by Crippen LogP contribution is 2.32. The monoisotopic (exact) mass is 358 g/mol. The van der Waals surface area contributed by atoms with Gasteiger partial charge < -0.3 is 10.1 Å². The highest BCUT2D eigenvalue weighted by Gasteiger charge is 2.16. The number of nitrogens with zero attached hydrogens (tertiary/aromatic N) is 3. The number of methoxy groups -OCH3 is 1. The van der Waals surface area contributed by atoms with Gasteiger partial charge in [-0.05, 0) is 30.3 Å². The molecule has 0 aliphatic rings. The molecule has 0 aliphatic heterocycles. The van der Waals surface area contributed by atoms with Crippen molar-refractivity contribution in [1.29, 1.82) is 5.26 Å². The van der Waals surface area contributed by atoms with Gasteiger partial charge in [-0.3, -0.25) is 4.79 Å². The molecule has 0 fully saturated rings. The molecule has 0 aliphatic carbocycles. The van der Waals surface area contributed by atoms with Gasteiger partial charge in [-0.1, -0.05) is 30.3 Å². The number of para-hydroxylation sites is 2. The summed E-state index contributed by atoms with van der Waals surface area (Å²) in [5.74, 6) is 0.208. The van der Waals surface area contributed by atoms with Crippen molar-refractivity contribution in [3.63, 3.8) is 0 Å². The van der Waals surface area contributed by atoms with Gasteiger partial charge in [0.1, 0.15) is 23.1 Å². The van der Waals surface area contributed by atoms with Crippen LogP contribution in [0.3, 0.4) is 0 Å². The smallest absolute Gasteiger partial charge is 0.261 e.